The minimum Gasteiger partial charge on any atom is -0.398 e. The molecule has 2 rings (SSSR count). The zero-order valence-corrected chi connectivity index (χ0v) is 12.8. The summed E-state index contributed by atoms with van der Waals surface area (Å²) in [6.45, 7) is 6.67. The van der Waals surface area contributed by atoms with Gasteiger partial charge in [-0.1, -0.05) is 42.5 Å². The molecule has 0 aromatic heterocycles. The van der Waals surface area contributed by atoms with E-state index in [1.807, 2.05) is 68.1 Å². The fraction of sp³-hybridized carbons (Fsp3) is 0.278. The summed E-state index contributed by atoms with van der Waals surface area (Å²) in [5.41, 5.74) is 7.85. The second kappa shape index (κ2) is 6.00. The maximum atomic E-state index is 12.9. The van der Waals surface area contributed by atoms with Crippen LogP contribution in [0.25, 0.3) is 0 Å². The molecule has 0 atom stereocenters. The van der Waals surface area contributed by atoms with E-state index in [1.54, 1.807) is 12.1 Å². The number of carbonyl (C=O) groups excluding carboxylic acids is 1. The van der Waals surface area contributed by atoms with E-state index in [0.29, 0.717) is 17.8 Å². The number of nitrogen functional groups attached to an aromatic ring is 1. The zero-order chi connectivity index (χ0) is 15.5. The fourth-order valence-electron chi connectivity index (χ4n) is 2.22. The molecule has 110 valence electrons. The smallest absolute Gasteiger partial charge is 0.256 e. The summed E-state index contributed by atoms with van der Waals surface area (Å²) in [6, 6.07) is 17.2. The van der Waals surface area contributed by atoms with Gasteiger partial charge in [-0.3, -0.25) is 4.79 Å². The number of anilines is 1. The predicted octanol–water partition coefficient (Wildman–Crippen LogP) is 3.71. The van der Waals surface area contributed by atoms with E-state index < -0.39 is 0 Å². The van der Waals surface area contributed by atoms with Crippen LogP contribution < -0.4 is 5.73 Å². The van der Waals surface area contributed by atoms with Gasteiger partial charge in [0, 0.05) is 17.8 Å². The average Bonchev–Trinajstić information content (AvgIpc) is 2.44. The van der Waals surface area contributed by atoms with Gasteiger partial charge in [-0.25, -0.2) is 0 Å². The Labute approximate surface area is 126 Å². The van der Waals surface area contributed by atoms with E-state index in [9.17, 15) is 4.79 Å². The highest BCUT2D eigenvalue weighted by molar-refractivity contribution is 5.99. The molecular formula is C18H22N2O. The van der Waals surface area contributed by atoms with Gasteiger partial charge in [0.1, 0.15) is 0 Å². The van der Waals surface area contributed by atoms with Crippen molar-refractivity contribution in [1.29, 1.82) is 0 Å². The topological polar surface area (TPSA) is 46.3 Å². The highest BCUT2D eigenvalue weighted by atomic mass is 16.2. The van der Waals surface area contributed by atoms with E-state index in [4.69, 9.17) is 5.73 Å². The molecule has 0 saturated carbocycles. The molecule has 0 radical (unpaired) electrons. The summed E-state index contributed by atoms with van der Waals surface area (Å²) in [7, 11) is 0. The number of amides is 1. The van der Waals surface area contributed by atoms with Crippen molar-refractivity contribution in [3.8, 4) is 0 Å². The Bertz CT molecular complexity index is 615. The third kappa shape index (κ3) is 3.63. The quantitative estimate of drug-likeness (QED) is 0.872. The van der Waals surface area contributed by atoms with E-state index >= 15 is 0 Å². The molecule has 0 aliphatic carbocycles. The highest BCUT2D eigenvalue weighted by Crippen LogP contribution is 2.23. The summed E-state index contributed by atoms with van der Waals surface area (Å²) in [5.74, 6) is -0.0375. The van der Waals surface area contributed by atoms with Gasteiger partial charge in [0.05, 0.1) is 5.56 Å². The fourth-order valence-corrected chi connectivity index (χ4v) is 2.22. The average molecular weight is 282 g/mol. The first-order valence-electron chi connectivity index (χ1n) is 7.10. The van der Waals surface area contributed by atoms with Crippen LogP contribution in [0.4, 0.5) is 5.69 Å². The minimum absolute atomic E-state index is 0.0375. The number of carbonyl (C=O) groups is 1. The lowest BCUT2D eigenvalue weighted by atomic mass is 10.0. The van der Waals surface area contributed by atoms with Crippen LogP contribution in [0.5, 0.6) is 0 Å². The van der Waals surface area contributed by atoms with Crippen molar-refractivity contribution in [3.05, 3.63) is 65.7 Å². The Balaban J connectivity index is 2.33. The Morgan fingerprint density at radius 2 is 1.57 bits per heavy atom. The van der Waals surface area contributed by atoms with Gasteiger partial charge < -0.3 is 10.6 Å². The largest absolute Gasteiger partial charge is 0.398 e. The van der Waals surface area contributed by atoms with Gasteiger partial charge >= 0.3 is 0 Å². The Hall–Kier alpha value is -2.29. The Morgan fingerprint density at radius 1 is 1.00 bits per heavy atom. The molecule has 0 unspecified atom stereocenters. The maximum absolute atomic E-state index is 12.9. The molecule has 2 aromatic rings. The van der Waals surface area contributed by atoms with Crippen molar-refractivity contribution in [2.75, 3.05) is 5.73 Å². The normalized spacial score (nSPS) is 11.2. The van der Waals surface area contributed by atoms with Crippen molar-refractivity contribution >= 4 is 11.6 Å². The van der Waals surface area contributed by atoms with Crippen molar-refractivity contribution in [2.45, 2.75) is 32.9 Å². The summed E-state index contributed by atoms with van der Waals surface area (Å²) < 4.78 is 0. The number of hydrogen-bond acceptors (Lipinski definition) is 2. The molecule has 21 heavy (non-hydrogen) atoms. The van der Waals surface area contributed by atoms with Gasteiger partial charge in [0.2, 0.25) is 0 Å². The lowest BCUT2D eigenvalue weighted by Gasteiger charge is -2.36. The van der Waals surface area contributed by atoms with Crippen LogP contribution in [0.15, 0.2) is 54.6 Å². The summed E-state index contributed by atoms with van der Waals surface area (Å²) >= 11 is 0. The molecule has 0 bridgehead atoms. The number of hydrogen-bond donors (Lipinski definition) is 1. The summed E-state index contributed by atoms with van der Waals surface area (Å²) in [5, 5.41) is 0. The Kier molecular flexibility index (Phi) is 4.32. The summed E-state index contributed by atoms with van der Waals surface area (Å²) in [4.78, 5) is 14.7. The number of rotatable bonds is 3. The van der Waals surface area contributed by atoms with E-state index in [2.05, 4.69) is 0 Å². The maximum Gasteiger partial charge on any atom is 0.256 e. The number of benzene rings is 2. The van der Waals surface area contributed by atoms with Crippen LogP contribution in [0, 0.1) is 0 Å². The van der Waals surface area contributed by atoms with Crippen LogP contribution >= 0.6 is 0 Å². The predicted molar refractivity (Wildman–Crippen MR) is 86.9 cm³/mol. The lowest BCUT2D eigenvalue weighted by molar-refractivity contribution is 0.0560. The third-order valence-corrected chi connectivity index (χ3v) is 3.43. The highest BCUT2D eigenvalue weighted by Gasteiger charge is 2.28. The second-order valence-corrected chi connectivity index (χ2v) is 6.13. The first kappa shape index (κ1) is 15.1. The van der Waals surface area contributed by atoms with Crippen LogP contribution in [0.1, 0.15) is 36.7 Å². The van der Waals surface area contributed by atoms with Crippen molar-refractivity contribution in [2.24, 2.45) is 0 Å². The monoisotopic (exact) mass is 282 g/mol. The van der Waals surface area contributed by atoms with Gasteiger partial charge in [-0.2, -0.15) is 0 Å². The van der Waals surface area contributed by atoms with Crippen molar-refractivity contribution in [3.63, 3.8) is 0 Å². The van der Waals surface area contributed by atoms with E-state index in [1.165, 1.54) is 0 Å². The molecule has 0 saturated heterocycles. The van der Waals surface area contributed by atoms with E-state index in [-0.39, 0.29) is 11.4 Å². The SMILES string of the molecule is CC(C)(C)N(Cc1ccccc1)C(=O)c1ccccc1N. The van der Waals surface area contributed by atoms with Crippen LogP contribution in [-0.2, 0) is 6.54 Å². The molecule has 0 aliphatic heterocycles. The van der Waals surface area contributed by atoms with Gasteiger partial charge in [-0.15, -0.1) is 0 Å². The standard InChI is InChI=1S/C18H22N2O/c1-18(2,3)20(13-14-9-5-4-6-10-14)17(21)15-11-7-8-12-16(15)19/h4-12H,13,19H2,1-3H3. The van der Waals surface area contributed by atoms with Crippen LogP contribution in [-0.4, -0.2) is 16.3 Å². The Morgan fingerprint density at radius 3 is 2.14 bits per heavy atom. The molecule has 0 heterocycles. The molecule has 0 fully saturated rings. The van der Waals surface area contributed by atoms with Gasteiger partial charge in [0.25, 0.3) is 5.91 Å². The first-order chi connectivity index (χ1) is 9.89. The molecule has 3 heteroatoms. The molecule has 2 N–H and O–H groups in total. The zero-order valence-electron chi connectivity index (χ0n) is 12.8. The van der Waals surface area contributed by atoms with Crippen molar-refractivity contribution < 1.29 is 4.79 Å². The van der Waals surface area contributed by atoms with Gasteiger partial charge in [0.15, 0.2) is 0 Å². The molecule has 0 aliphatic rings. The number of nitrogens with two attached hydrogens (primary N) is 1. The van der Waals surface area contributed by atoms with Crippen LogP contribution in [0.2, 0.25) is 0 Å². The summed E-state index contributed by atoms with van der Waals surface area (Å²) in [6.07, 6.45) is 0. The van der Waals surface area contributed by atoms with E-state index in [0.717, 1.165) is 5.56 Å². The second-order valence-electron chi connectivity index (χ2n) is 6.13. The first-order valence-corrected chi connectivity index (χ1v) is 7.10. The molecular weight excluding hydrogens is 260 g/mol. The van der Waals surface area contributed by atoms with Crippen LogP contribution in [0.3, 0.4) is 0 Å². The molecule has 1 amide bonds. The number of nitrogens with zero attached hydrogens (tertiary/aromatic N) is 1. The molecule has 2 aromatic carbocycles. The van der Waals surface area contributed by atoms with Gasteiger partial charge in [-0.05, 0) is 38.5 Å². The lowest BCUT2D eigenvalue weighted by Crippen LogP contribution is -2.45. The van der Waals surface area contributed by atoms with Crippen molar-refractivity contribution in [1.82, 2.24) is 4.90 Å². The molecule has 0 spiro atoms. The number of para-hydroxylation sites is 1. The minimum atomic E-state index is -0.283. The molecule has 3 nitrogen and oxygen atoms in total. The third-order valence-electron chi connectivity index (χ3n) is 3.43.